The number of anilines is 2. The molecule has 140 valence electrons. The van der Waals surface area contributed by atoms with Crippen molar-refractivity contribution >= 4 is 28.7 Å². The van der Waals surface area contributed by atoms with Crippen LogP contribution >= 0.6 is 11.3 Å². The van der Waals surface area contributed by atoms with Crippen molar-refractivity contribution < 1.29 is 9.53 Å². The fourth-order valence-corrected chi connectivity index (χ4v) is 3.88. The second kappa shape index (κ2) is 9.02. The second-order valence-electron chi connectivity index (χ2n) is 6.48. The predicted octanol–water partition coefficient (Wildman–Crippen LogP) is 3.01. The number of carbonyl (C=O) groups excluding carboxylic acids is 1. The molecular weight excluding hydrogens is 348 g/mol. The summed E-state index contributed by atoms with van der Waals surface area (Å²) in [5, 5.41) is 7.93. The number of carbonyl (C=O) groups is 1. The minimum atomic E-state index is -0.187. The van der Waals surface area contributed by atoms with E-state index in [2.05, 4.69) is 31.9 Å². The first-order valence-corrected chi connectivity index (χ1v) is 9.69. The molecule has 3 rings (SSSR count). The normalized spacial score (nSPS) is 15.7. The van der Waals surface area contributed by atoms with Gasteiger partial charge in [0.05, 0.1) is 19.3 Å². The molecule has 1 atom stereocenters. The van der Waals surface area contributed by atoms with Gasteiger partial charge in [-0.05, 0) is 49.8 Å². The summed E-state index contributed by atoms with van der Waals surface area (Å²) >= 11 is 1.70. The molecule has 2 N–H and O–H groups in total. The molecule has 26 heavy (non-hydrogen) atoms. The Hall–Kier alpha value is -2.09. The highest BCUT2D eigenvalue weighted by molar-refractivity contribution is 7.10. The fourth-order valence-electron chi connectivity index (χ4n) is 2.96. The molecule has 1 aliphatic rings. The summed E-state index contributed by atoms with van der Waals surface area (Å²) in [4.78, 5) is 17.9. The zero-order chi connectivity index (χ0) is 18.4. The topological polar surface area (TPSA) is 56.8 Å². The van der Waals surface area contributed by atoms with E-state index in [4.69, 9.17) is 4.74 Å². The third-order valence-corrected chi connectivity index (χ3v) is 5.43. The average Bonchev–Trinajstić information content (AvgIpc) is 3.17. The molecule has 1 aliphatic heterocycles. The van der Waals surface area contributed by atoms with Crippen molar-refractivity contribution in [1.82, 2.24) is 10.2 Å². The number of benzene rings is 1. The molecule has 2 amide bonds. The molecule has 1 aromatic heterocycles. The number of likely N-dealkylation sites (N-methyl/N-ethyl adjacent to an activating group) is 1. The zero-order valence-corrected chi connectivity index (χ0v) is 16.1. The van der Waals surface area contributed by atoms with Gasteiger partial charge in [-0.3, -0.25) is 0 Å². The maximum Gasteiger partial charge on any atom is 0.319 e. The number of morpholine rings is 1. The number of nitrogens with one attached hydrogen (secondary N) is 2. The Kier molecular flexibility index (Phi) is 6.49. The van der Waals surface area contributed by atoms with Crippen LogP contribution in [0, 0.1) is 0 Å². The third-order valence-electron chi connectivity index (χ3n) is 4.45. The van der Waals surface area contributed by atoms with Crippen LogP contribution in [-0.2, 0) is 4.74 Å². The summed E-state index contributed by atoms with van der Waals surface area (Å²) in [7, 11) is 4.04. The SMILES string of the molecule is CN(C)[C@@H](CNC(=O)Nc1ccc(N2CCOCC2)cc1)c1cccs1. The van der Waals surface area contributed by atoms with Crippen LogP contribution in [0.3, 0.4) is 0 Å². The van der Waals surface area contributed by atoms with Crippen LogP contribution in [-0.4, -0.2) is 57.9 Å². The maximum absolute atomic E-state index is 12.2. The molecule has 0 unspecified atom stereocenters. The number of hydrogen-bond acceptors (Lipinski definition) is 5. The molecule has 0 spiro atoms. The van der Waals surface area contributed by atoms with Gasteiger partial charge in [-0.2, -0.15) is 0 Å². The van der Waals surface area contributed by atoms with Gasteiger partial charge in [-0.25, -0.2) is 4.79 Å². The summed E-state index contributed by atoms with van der Waals surface area (Å²) in [6.45, 7) is 3.90. The van der Waals surface area contributed by atoms with Gasteiger partial charge >= 0.3 is 6.03 Å². The van der Waals surface area contributed by atoms with E-state index in [1.807, 2.05) is 44.4 Å². The van der Waals surface area contributed by atoms with E-state index in [0.717, 1.165) is 37.7 Å². The number of rotatable bonds is 6. The van der Waals surface area contributed by atoms with Crippen molar-refractivity contribution in [2.75, 3.05) is 57.2 Å². The van der Waals surface area contributed by atoms with Crippen LogP contribution < -0.4 is 15.5 Å². The number of ether oxygens (including phenoxy) is 1. The zero-order valence-electron chi connectivity index (χ0n) is 15.3. The highest BCUT2D eigenvalue weighted by Crippen LogP contribution is 2.22. The first-order chi connectivity index (χ1) is 12.6. The van der Waals surface area contributed by atoms with Crippen molar-refractivity contribution in [3.05, 3.63) is 46.7 Å². The van der Waals surface area contributed by atoms with Crippen molar-refractivity contribution in [1.29, 1.82) is 0 Å². The number of amides is 2. The largest absolute Gasteiger partial charge is 0.378 e. The average molecular weight is 375 g/mol. The Labute approximate surface area is 158 Å². The van der Waals surface area contributed by atoms with Crippen LogP contribution in [0.5, 0.6) is 0 Å². The molecule has 1 fully saturated rings. The molecule has 6 nitrogen and oxygen atoms in total. The number of nitrogens with zero attached hydrogens (tertiary/aromatic N) is 2. The van der Waals surface area contributed by atoms with Crippen LogP contribution in [0.25, 0.3) is 0 Å². The predicted molar refractivity (Wildman–Crippen MR) is 107 cm³/mol. The fraction of sp³-hybridized carbons (Fsp3) is 0.421. The Morgan fingerprint density at radius 1 is 1.23 bits per heavy atom. The molecule has 2 aromatic rings. The van der Waals surface area contributed by atoms with E-state index in [1.165, 1.54) is 4.88 Å². The van der Waals surface area contributed by atoms with Crippen LogP contribution in [0.15, 0.2) is 41.8 Å². The van der Waals surface area contributed by atoms with Crippen LogP contribution in [0.2, 0.25) is 0 Å². The van der Waals surface area contributed by atoms with E-state index in [9.17, 15) is 4.79 Å². The summed E-state index contributed by atoms with van der Waals surface area (Å²) in [6.07, 6.45) is 0. The summed E-state index contributed by atoms with van der Waals surface area (Å²) < 4.78 is 5.38. The van der Waals surface area contributed by atoms with E-state index in [-0.39, 0.29) is 12.1 Å². The summed E-state index contributed by atoms with van der Waals surface area (Å²) in [6, 6.07) is 12.1. The van der Waals surface area contributed by atoms with E-state index in [0.29, 0.717) is 6.54 Å². The maximum atomic E-state index is 12.2. The van der Waals surface area contributed by atoms with E-state index in [1.54, 1.807) is 11.3 Å². The lowest BCUT2D eigenvalue weighted by Gasteiger charge is -2.29. The van der Waals surface area contributed by atoms with E-state index >= 15 is 0 Å². The smallest absolute Gasteiger partial charge is 0.319 e. The van der Waals surface area contributed by atoms with Crippen molar-refractivity contribution in [2.45, 2.75) is 6.04 Å². The molecule has 2 heterocycles. The van der Waals surface area contributed by atoms with Gasteiger partial charge in [0, 0.05) is 35.9 Å². The Morgan fingerprint density at radius 3 is 2.58 bits per heavy atom. The minimum Gasteiger partial charge on any atom is -0.378 e. The number of thiophene rings is 1. The minimum absolute atomic E-state index is 0.171. The quantitative estimate of drug-likeness (QED) is 0.816. The Balaban J connectivity index is 1.51. The van der Waals surface area contributed by atoms with Gasteiger partial charge in [0.2, 0.25) is 0 Å². The van der Waals surface area contributed by atoms with Gasteiger partial charge in [0.15, 0.2) is 0 Å². The first kappa shape index (κ1) is 18.7. The van der Waals surface area contributed by atoms with Gasteiger partial charge in [-0.1, -0.05) is 6.07 Å². The van der Waals surface area contributed by atoms with E-state index < -0.39 is 0 Å². The Morgan fingerprint density at radius 2 is 1.96 bits per heavy atom. The van der Waals surface area contributed by atoms with Crippen LogP contribution in [0.4, 0.5) is 16.2 Å². The van der Waals surface area contributed by atoms with Gasteiger partial charge < -0.3 is 25.2 Å². The summed E-state index contributed by atoms with van der Waals surface area (Å²) in [5.74, 6) is 0. The monoisotopic (exact) mass is 374 g/mol. The molecular formula is C19H26N4O2S. The molecule has 0 saturated carbocycles. The highest BCUT2D eigenvalue weighted by Gasteiger charge is 2.16. The molecule has 7 heteroatoms. The third kappa shape index (κ3) is 4.97. The van der Waals surface area contributed by atoms with Crippen molar-refractivity contribution in [3.8, 4) is 0 Å². The molecule has 0 radical (unpaired) electrons. The van der Waals surface area contributed by atoms with Gasteiger partial charge in [0.1, 0.15) is 0 Å². The second-order valence-corrected chi connectivity index (χ2v) is 7.46. The lowest BCUT2D eigenvalue weighted by molar-refractivity contribution is 0.122. The Bertz CT molecular complexity index is 682. The lowest BCUT2D eigenvalue weighted by Crippen LogP contribution is -2.37. The molecule has 1 saturated heterocycles. The highest BCUT2D eigenvalue weighted by atomic mass is 32.1. The van der Waals surface area contributed by atoms with Crippen LogP contribution in [0.1, 0.15) is 10.9 Å². The number of hydrogen-bond donors (Lipinski definition) is 2. The number of urea groups is 1. The van der Waals surface area contributed by atoms with Gasteiger partial charge in [0.25, 0.3) is 0 Å². The standard InChI is InChI=1S/C19H26N4O2S/c1-22(2)17(18-4-3-13-26-18)14-20-19(24)21-15-5-7-16(8-6-15)23-9-11-25-12-10-23/h3-8,13,17H,9-12,14H2,1-2H3,(H2,20,21,24)/t17-/m0/s1. The van der Waals surface area contributed by atoms with Crippen molar-refractivity contribution in [3.63, 3.8) is 0 Å². The lowest BCUT2D eigenvalue weighted by atomic mass is 10.2. The molecule has 1 aromatic carbocycles. The summed E-state index contributed by atoms with van der Waals surface area (Å²) in [5.41, 5.74) is 1.95. The molecule has 0 bridgehead atoms. The van der Waals surface area contributed by atoms with Crippen molar-refractivity contribution in [2.24, 2.45) is 0 Å². The first-order valence-electron chi connectivity index (χ1n) is 8.81. The molecule has 0 aliphatic carbocycles. The van der Waals surface area contributed by atoms with Gasteiger partial charge in [-0.15, -0.1) is 11.3 Å².